The Hall–Kier alpha value is -3.19. The summed E-state index contributed by atoms with van der Waals surface area (Å²) in [5.74, 6) is -2.34. The molecule has 0 aliphatic heterocycles. The lowest BCUT2D eigenvalue weighted by atomic mass is 10.3. The van der Waals surface area contributed by atoms with Crippen LogP contribution >= 0.6 is 0 Å². The molecule has 2 amide bonds. The van der Waals surface area contributed by atoms with Gasteiger partial charge in [-0.2, -0.15) is 10.4 Å². The van der Waals surface area contributed by atoms with Gasteiger partial charge >= 0.3 is 0 Å². The molecule has 1 unspecified atom stereocenters. The predicted molar refractivity (Wildman–Crippen MR) is 94.9 cm³/mol. The fourth-order valence-corrected chi connectivity index (χ4v) is 3.15. The number of nitrogens with zero attached hydrogens (tertiary/aromatic N) is 3. The number of amides is 2. The molecule has 0 bridgehead atoms. The third-order valence-electron chi connectivity index (χ3n) is 3.60. The highest BCUT2D eigenvalue weighted by Crippen LogP contribution is 2.15. The van der Waals surface area contributed by atoms with Crippen LogP contribution in [0.1, 0.15) is 12.5 Å². The van der Waals surface area contributed by atoms with E-state index in [1.807, 2.05) is 6.07 Å². The summed E-state index contributed by atoms with van der Waals surface area (Å²) in [5.41, 5.74) is 0.561. The lowest BCUT2D eigenvalue weighted by Gasteiger charge is -2.13. The van der Waals surface area contributed by atoms with Crippen molar-refractivity contribution in [3.05, 3.63) is 42.1 Å². The van der Waals surface area contributed by atoms with E-state index in [2.05, 4.69) is 15.7 Å². The molecule has 1 atom stereocenters. The van der Waals surface area contributed by atoms with Gasteiger partial charge in [-0.15, -0.1) is 0 Å². The van der Waals surface area contributed by atoms with Gasteiger partial charge in [-0.3, -0.25) is 14.3 Å². The van der Waals surface area contributed by atoms with Gasteiger partial charge in [0.1, 0.15) is 28.5 Å². The van der Waals surface area contributed by atoms with E-state index in [4.69, 9.17) is 5.26 Å². The Balaban J connectivity index is 2.05. The Morgan fingerprint density at radius 2 is 1.92 bits per heavy atom. The molecule has 0 fully saturated rings. The van der Waals surface area contributed by atoms with Crippen LogP contribution in [0.3, 0.4) is 0 Å². The highest BCUT2D eigenvalue weighted by molar-refractivity contribution is 7.93. The molecule has 26 heavy (non-hydrogen) atoms. The SMILES string of the molecule is CC(C(=O)Nc1c(C#N)cnn1C)S(=O)(=O)CC(=O)Nc1ccccc1. The van der Waals surface area contributed by atoms with Crippen LogP contribution in [0.5, 0.6) is 0 Å². The van der Waals surface area contributed by atoms with E-state index in [9.17, 15) is 18.0 Å². The van der Waals surface area contributed by atoms with Crippen molar-refractivity contribution >= 4 is 33.2 Å². The van der Waals surface area contributed by atoms with Crippen molar-refractivity contribution in [3.63, 3.8) is 0 Å². The molecule has 10 heteroatoms. The van der Waals surface area contributed by atoms with Crippen molar-refractivity contribution in [2.45, 2.75) is 12.2 Å². The first-order valence-electron chi connectivity index (χ1n) is 7.54. The zero-order valence-corrected chi connectivity index (χ0v) is 14.9. The Morgan fingerprint density at radius 3 is 2.54 bits per heavy atom. The van der Waals surface area contributed by atoms with Crippen LogP contribution in [0.15, 0.2) is 36.5 Å². The van der Waals surface area contributed by atoms with Crippen molar-refractivity contribution in [1.82, 2.24) is 9.78 Å². The highest BCUT2D eigenvalue weighted by atomic mass is 32.2. The molecular formula is C16H17N5O4S. The summed E-state index contributed by atoms with van der Waals surface area (Å²) in [6.07, 6.45) is 1.25. The first-order valence-corrected chi connectivity index (χ1v) is 9.25. The number of sulfone groups is 1. The quantitative estimate of drug-likeness (QED) is 0.762. The molecule has 9 nitrogen and oxygen atoms in total. The maximum absolute atomic E-state index is 12.3. The van der Waals surface area contributed by atoms with Gasteiger partial charge in [-0.25, -0.2) is 8.42 Å². The number of carbonyl (C=O) groups excluding carboxylic acids is 2. The van der Waals surface area contributed by atoms with Crippen molar-refractivity contribution in [3.8, 4) is 6.07 Å². The van der Waals surface area contributed by atoms with Crippen LogP contribution in [-0.4, -0.2) is 41.0 Å². The molecule has 0 aliphatic carbocycles. The lowest BCUT2D eigenvalue weighted by Crippen LogP contribution is -2.37. The number of anilines is 2. The maximum Gasteiger partial charge on any atom is 0.243 e. The fraction of sp³-hybridized carbons (Fsp3) is 0.250. The molecule has 0 saturated heterocycles. The minimum atomic E-state index is -4.05. The summed E-state index contributed by atoms with van der Waals surface area (Å²) < 4.78 is 25.9. The average Bonchev–Trinajstić information content (AvgIpc) is 2.94. The van der Waals surface area contributed by atoms with Crippen LogP contribution in [0, 0.1) is 11.3 Å². The number of carbonyl (C=O) groups is 2. The number of para-hydroxylation sites is 1. The third kappa shape index (κ3) is 4.46. The van der Waals surface area contributed by atoms with E-state index < -0.39 is 32.7 Å². The van der Waals surface area contributed by atoms with Gasteiger partial charge in [0.05, 0.1) is 6.20 Å². The number of aromatic nitrogens is 2. The monoisotopic (exact) mass is 375 g/mol. The minimum Gasteiger partial charge on any atom is -0.325 e. The lowest BCUT2D eigenvalue weighted by molar-refractivity contribution is -0.115. The normalized spacial score (nSPS) is 12.0. The summed E-state index contributed by atoms with van der Waals surface area (Å²) in [7, 11) is -2.55. The number of rotatable bonds is 6. The predicted octanol–water partition coefficient (Wildman–Crippen LogP) is 0.672. The third-order valence-corrected chi connectivity index (χ3v) is 5.55. The van der Waals surface area contributed by atoms with Crippen molar-refractivity contribution in [1.29, 1.82) is 5.26 Å². The summed E-state index contributed by atoms with van der Waals surface area (Å²) >= 11 is 0. The number of nitriles is 1. The molecule has 136 valence electrons. The molecule has 1 aromatic carbocycles. The smallest absolute Gasteiger partial charge is 0.243 e. The first kappa shape index (κ1) is 19.1. The van der Waals surface area contributed by atoms with Gasteiger partial charge < -0.3 is 10.6 Å². The molecule has 2 rings (SSSR count). The number of aryl methyl sites for hydroxylation is 1. The Labute approximate surface area is 150 Å². The van der Waals surface area contributed by atoms with E-state index in [0.717, 1.165) is 0 Å². The zero-order chi connectivity index (χ0) is 19.3. The van der Waals surface area contributed by atoms with Crippen molar-refractivity contribution in [2.75, 3.05) is 16.4 Å². The second-order valence-electron chi connectivity index (χ2n) is 5.50. The summed E-state index contributed by atoms with van der Waals surface area (Å²) in [6, 6.07) is 10.2. The molecule has 1 heterocycles. The molecule has 0 spiro atoms. The van der Waals surface area contributed by atoms with Crippen molar-refractivity contribution in [2.24, 2.45) is 7.05 Å². The Kier molecular flexibility index (Phi) is 5.74. The van der Waals surface area contributed by atoms with E-state index in [0.29, 0.717) is 5.69 Å². The van der Waals surface area contributed by atoms with Gasteiger partial charge in [0.15, 0.2) is 9.84 Å². The molecule has 2 N–H and O–H groups in total. The van der Waals surface area contributed by atoms with Crippen LogP contribution in [-0.2, 0) is 26.5 Å². The number of hydrogen-bond donors (Lipinski definition) is 2. The van der Waals surface area contributed by atoms with E-state index in [-0.39, 0.29) is 11.4 Å². The van der Waals surface area contributed by atoms with Crippen LogP contribution in [0.25, 0.3) is 0 Å². The van der Waals surface area contributed by atoms with Gasteiger partial charge in [-0.1, -0.05) is 18.2 Å². The fourth-order valence-electron chi connectivity index (χ4n) is 2.08. The standard InChI is InChI=1S/C16H17N5O4S/c1-11(16(23)20-15-12(8-17)9-18-21(15)2)26(24,25)10-14(22)19-13-6-4-3-5-7-13/h3-7,9,11H,10H2,1-2H3,(H,19,22)(H,20,23). The van der Waals surface area contributed by atoms with Crippen LogP contribution in [0.2, 0.25) is 0 Å². The minimum absolute atomic E-state index is 0.0910. The number of benzene rings is 1. The number of hydrogen-bond acceptors (Lipinski definition) is 6. The topological polar surface area (TPSA) is 134 Å². The molecule has 0 aliphatic rings. The van der Waals surface area contributed by atoms with Crippen LogP contribution < -0.4 is 10.6 Å². The Bertz CT molecular complexity index is 960. The average molecular weight is 375 g/mol. The van der Waals surface area contributed by atoms with Gasteiger partial charge in [0, 0.05) is 12.7 Å². The van der Waals surface area contributed by atoms with E-state index in [1.165, 1.54) is 24.9 Å². The second kappa shape index (κ2) is 7.79. The molecular weight excluding hydrogens is 358 g/mol. The van der Waals surface area contributed by atoms with E-state index in [1.54, 1.807) is 30.3 Å². The Morgan fingerprint density at radius 1 is 1.27 bits per heavy atom. The number of nitrogens with one attached hydrogen (secondary N) is 2. The molecule has 0 radical (unpaired) electrons. The van der Waals surface area contributed by atoms with Crippen molar-refractivity contribution < 1.29 is 18.0 Å². The highest BCUT2D eigenvalue weighted by Gasteiger charge is 2.31. The zero-order valence-electron chi connectivity index (χ0n) is 14.1. The van der Waals surface area contributed by atoms with E-state index >= 15 is 0 Å². The van der Waals surface area contributed by atoms with Gasteiger partial charge in [0.2, 0.25) is 11.8 Å². The molecule has 1 aromatic heterocycles. The molecule has 2 aromatic rings. The summed E-state index contributed by atoms with van der Waals surface area (Å²) in [4.78, 5) is 24.2. The summed E-state index contributed by atoms with van der Waals surface area (Å²) in [6.45, 7) is 1.18. The van der Waals surface area contributed by atoms with Gasteiger partial charge in [-0.05, 0) is 19.1 Å². The van der Waals surface area contributed by atoms with Crippen LogP contribution in [0.4, 0.5) is 11.5 Å². The largest absolute Gasteiger partial charge is 0.325 e. The molecule has 0 saturated carbocycles. The summed E-state index contributed by atoms with van der Waals surface area (Å²) in [5, 5.41) is 16.1. The second-order valence-corrected chi connectivity index (χ2v) is 7.82. The maximum atomic E-state index is 12.3. The first-order chi connectivity index (χ1) is 12.2. The van der Waals surface area contributed by atoms with Gasteiger partial charge in [0.25, 0.3) is 0 Å².